The summed E-state index contributed by atoms with van der Waals surface area (Å²) in [5, 5.41) is 6.81. The summed E-state index contributed by atoms with van der Waals surface area (Å²) in [6, 6.07) is 0.620. The maximum absolute atomic E-state index is 3.42. The van der Waals surface area contributed by atoms with Crippen LogP contribution >= 0.6 is 0 Å². The standard InChI is InChI=1S/C10H24N2/c1-9(2)8-11-6-5-7-12-10(3)4/h9-12H,5-8H2,1-4H3. The van der Waals surface area contributed by atoms with Crippen molar-refractivity contribution in [3.8, 4) is 0 Å². The van der Waals surface area contributed by atoms with Gasteiger partial charge in [-0.3, -0.25) is 0 Å². The van der Waals surface area contributed by atoms with Crippen LogP contribution in [-0.2, 0) is 0 Å². The number of rotatable bonds is 7. The predicted octanol–water partition coefficient (Wildman–Crippen LogP) is 1.62. The molecule has 74 valence electrons. The van der Waals surface area contributed by atoms with Crippen LogP contribution in [0, 0.1) is 5.92 Å². The molecule has 0 amide bonds. The molecule has 0 radical (unpaired) electrons. The molecule has 0 heterocycles. The number of nitrogens with one attached hydrogen (secondary N) is 2. The second-order valence-corrected chi connectivity index (χ2v) is 4.06. The van der Waals surface area contributed by atoms with Crippen molar-refractivity contribution in [1.29, 1.82) is 0 Å². The van der Waals surface area contributed by atoms with Crippen molar-refractivity contribution in [2.75, 3.05) is 19.6 Å². The summed E-state index contributed by atoms with van der Waals surface area (Å²) in [5.41, 5.74) is 0. The topological polar surface area (TPSA) is 24.1 Å². The quantitative estimate of drug-likeness (QED) is 0.570. The molecule has 0 atom stereocenters. The Kier molecular flexibility index (Phi) is 7.51. The van der Waals surface area contributed by atoms with Crippen molar-refractivity contribution in [3.05, 3.63) is 0 Å². The van der Waals surface area contributed by atoms with E-state index in [1.54, 1.807) is 0 Å². The van der Waals surface area contributed by atoms with Gasteiger partial charge in [-0.2, -0.15) is 0 Å². The molecule has 0 saturated heterocycles. The van der Waals surface area contributed by atoms with E-state index in [9.17, 15) is 0 Å². The number of hydrogen-bond donors (Lipinski definition) is 2. The SMILES string of the molecule is CC(C)CNCCCNC(C)C. The van der Waals surface area contributed by atoms with E-state index in [0.717, 1.165) is 25.6 Å². The Morgan fingerprint density at radius 2 is 1.67 bits per heavy atom. The van der Waals surface area contributed by atoms with Crippen LogP contribution in [-0.4, -0.2) is 25.7 Å². The molecule has 2 N–H and O–H groups in total. The highest BCUT2D eigenvalue weighted by molar-refractivity contribution is 4.55. The van der Waals surface area contributed by atoms with Crippen LogP contribution < -0.4 is 10.6 Å². The third-order valence-corrected chi connectivity index (χ3v) is 1.64. The van der Waals surface area contributed by atoms with Crippen LogP contribution in [0.2, 0.25) is 0 Å². The summed E-state index contributed by atoms with van der Waals surface area (Å²) in [4.78, 5) is 0. The fraction of sp³-hybridized carbons (Fsp3) is 1.00. The first kappa shape index (κ1) is 11.9. The minimum absolute atomic E-state index is 0.620. The monoisotopic (exact) mass is 172 g/mol. The molecule has 0 saturated carbocycles. The van der Waals surface area contributed by atoms with E-state index in [1.165, 1.54) is 6.42 Å². The zero-order valence-corrected chi connectivity index (χ0v) is 8.98. The van der Waals surface area contributed by atoms with E-state index < -0.39 is 0 Å². The van der Waals surface area contributed by atoms with Gasteiger partial charge in [-0.1, -0.05) is 27.7 Å². The van der Waals surface area contributed by atoms with Crippen LogP contribution in [0.1, 0.15) is 34.1 Å². The van der Waals surface area contributed by atoms with Crippen molar-refractivity contribution in [2.24, 2.45) is 5.92 Å². The van der Waals surface area contributed by atoms with Gasteiger partial charge >= 0.3 is 0 Å². The normalized spacial score (nSPS) is 11.5. The van der Waals surface area contributed by atoms with E-state index in [1.807, 2.05) is 0 Å². The van der Waals surface area contributed by atoms with Gasteiger partial charge < -0.3 is 10.6 Å². The van der Waals surface area contributed by atoms with Gasteiger partial charge in [0.05, 0.1) is 0 Å². The lowest BCUT2D eigenvalue weighted by Gasteiger charge is -2.09. The van der Waals surface area contributed by atoms with E-state index in [4.69, 9.17) is 0 Å². The van der Waals surface area contributed by atoms with Crippen LogP contribution in [0.15, 0.2) is 0 Å². The van der Waals surface area contributed by atoms with Crippen LogP contribution in [0.4, 0.5) is 0 Å². The van der Waals surface area contributed by atoms with Crippen LogP contribution in [0.3, 0.4) is 0 Å². The Labute approximate surface area is 77.1 Å². The highest BCUT2D eigenvalue weighted by Crippen LogP contribution is 1.87. The van der Waals surface area contributed by atoms with E-state index >= 15 is 0 Å². The van der Waals surface area contributed by atoms with Gasteiger partial charge in [0.25, 0.3) is 0 Å². The van der Waals surface area contributed by atoms with Gasteiger partial charge in [0.2, 0.25) is 0 Å². The average Bonchev–Trinajstić information content (AvgIpc) is 1.95. The summed E-state index contributed by atoms with van der Waals surface area (Å²) in [6.45, 7) is 12.2. The first-order chi connectivity index (χ1) is 5.63. The summed E-state index contributed by atoms with van der Waals surface area (Å²) < 4.78 is 0. The van der Waals surface area contributed by atoms with Gasteiger partial charge in [0.15, 0.2) is 0 Å². The third-order valence-electron chi connectivity index (χ3n) is 1.64. The van der Waals surface area contributed by atoms with Crippen molar-refractivity contribution in [1.82, 2.24) is 10.6 Å². The lowest BCUT2D eigenvalue weighted by atomic mass is 10.2. The molecular weight excluding hydrogens is 148 g/mol. The smallest absolute Gasteiger partial charge is 0.00103 e. The van der Waals surface area contributed by atoms with Crippen LogP contribution in [0.25, 0.3) is 0 Å². The first-order valence-electron chi connectivity index (χ1n) is 5.07. The Bertz CT molecular complexity index is 77.8. The molecule has 0 fully saturated rings. The van der Waals surface area contributed by atoms with Crippen LogP contribution in [0.5, 0.6) is 0 Å². The fourth-order valence-electron chi connectivity index (χ4n) is 0.995. The second-order valence-electron chi connectivity index (χ2n) is 4.06. The minimum atomic E-state index is 0.620. The molecule has 0 spiro atoms. The molecule has 0 aliphatic rings. The number of hydrogen-bond acceptors (Lipinski definition) is 2. The van der Waals surface area contributed by atoms with Gasteiger partial charge in [-0.15, -0.1) is 0 Å². The van der Waals surface area contributed by atoms with Crippen molar-refractivity contribution in [2.45, 2.75) is 40.2 Å². The first-order valence-corrected chi connectivity index (χ1v) is 5.07. The van der Waals surface area contributed by atoms with Crippen molar-refractivity contribution < 1.29 is 0 Å². The minimum Gasteiger partial charge on any atom is -0.316 e. The molecule has 2 nitrogen and oxygen atoms in total. The molecule has 2 heteroatoms. The highest BCUT2D eigenvalue weighted by Gasteiger charge is 1.93. The lowest BCUT2D eigenvalue weighted by Crippen LogP contribution is -2.28. The van der Waals surface area contributed by atoms with Gasteiger partial charge in [-0.05, 0) is 32.0 Å². The van der Waals surface area contributed by atoms with Gasteiger partial charge in [0.1, 0.15) is 0 Å². The lowest BCUT2D eigenvalue weighted by molar-refractivity contribution is 0.514. The maximum atomic E-state index is 3.42. The molecule has 0 unspecified atom stereocenters. The molecule has 0 bridgehead atoms. The summed E-state index contributed by atoms with van der Waals surface area (Å²) in [6.07, 6.45) is 1.23. The Balaban J connectivity index is 2.91. The van der Waals surface area contributed by atoms with E-state index in [2.05, 4.69) is 38.3 Å². The Morgan fingerprint density at radius 1 is 1.00 bits per heavy atom. The highest BCUT2D eigenvalue weighted by atomic mass is 14.9. The molecule has 0 aromatic heterocycles. The molecule has 0 aliphatic carbocycles. The summed E-state index contributed by atoms with van der Waals surface area (Å²) in [5.74, 6) is 0.767. The van der Waals surface area contributed by atoms with Gasteiger partial charge in [0, 0.05) is 6.04 Å². The maximum Gasteiger partial charge on any atom is 0.00103 e. The molecule has 12 heavy (non-hydrogen) atoms. The molecule has 0 aliphatic heterocycles. The second kappa shape index (κ2) is 7.56. The van der Waals surface area contributed by atoms with Gasteiger partial charge in [-0.25, -0.2) is 0 Å². The Hall–Kier alpha value is -0.0800. The predicted molar refractivity (Wildman–Crippen MR) is 55.5 cm³/mol. The zero-order valence-electron chi connectivity index (χ0n) is 8.98. The fourth-order valence-corrected chi connectivity index (χ4v) is 0.995. The van der Waals surface area contributed by atoms with E-state index in [0.29, 0.717) is 6.04 Å². The molecule has 0 aromatic carbocycles. The zero-order chi connectivity index (χ0) is 9.40. The average molecular weight is 172 g/mol. The third kappa shape index (κ3) is 9.92. The van der Waals surface area contributed by atoms with Crippen molar-refractivity contribution in [3.63, 3.8) is 0 Å². The molecule has 0 rings (SSSR count). The van der Waals surface area contributed by atoms with E-state index in [-0.39, 0.29) is 0 Å². The Morgan fingerprint density at radius 3 is 2.17 bits per heavy atom. The molecular formula is C10H24N2. The molecule has 0 aromatic rings. The van der Waals surface area contributed by atoms with Crippen molar-refractivity contribution >= 4 is 0 Å². The summed E-state index contributed by atoms with van der Waals surface area (Å²) in [7, 11) is 0. The largest absolute Gasteiger partial charge is 0.316 e. The summed E-state index contributed by atoms with van der Waals surface area (Å²) >= 11 is 0.